The molecule has 0 spiro atoms. The Bertz CT molecular complexity index is 452. The Hall–Kier alpha value is -1.55. The molecule has 4 nitrogen and oxygen atoms in total. The number of hydrogen-bond acceptors (Lipinski definition) is 3. The van der Waals surface area contributed by atoms with Gasteiger partial charge in [0.15, 0.2) is 0 Å². The standard InChI is InChI=1S/C15H23N3O/c1-11-6-4-7-13(16)14(11)15(19)18-9-5-8-17(3)10-12(18)2/h4,6-7,12H,5,8-10,16H2,1-3H3. The van der Waals surface area contributed by atoms with Crippen LogP contribution < -0.4 is 5.73 Å². The summed E-state index contributed by atoms with van der Waals surface area (Å²) in [5.74, 6) is 0.0680. The van der Waals surface area contributed by atoms with Crippen LogP contribution in [0.5, 0.6) is 0 Å². The van der Waals surface area contributed by atoms with E-state index < -0.39 is 0 Å². The van der Waals surface area contributed by atoms with E-state index in [9.17, 15) is 4.79 Å². The Labute approximate surface area is 115 Å². The summed E-state index contributed by atoms with van der Waals surface area (Å²) >= 11 is 0. The van der Waals surface area contributed by atoms with Gasteiger partial charge in [0.1, 0.15) is 0 Å². The second kappa shape index (κ2) is 5.61. The van der Waals surface area contributed by atoms with E-state index in [4.69, 9.17) is 5.73 Å². The molecular weight excluding hydrogens is 238 g/mol. The Morgan fingerprint density at radius 3 is 2.79 bits per heavy atom. The minimum atomic E-state index is 0.0680. The summed E-state index contributed by atoms with van der Waals surface area (Å²) in [5, 5.41) is 0. The zero-order chi connectivity index (χ0) is 14.0. The number of carbonyl (C=O) groups excluding carboxylic acids is 1. The fourth-order valence-corrected chi connectivity index (χ4v) is 2.80. The van der Waals surface area contributed by atoms with Gasteiger partial charge in [-0.25, -0.2) is 0 Å². The van der Waals surface area contributed by atoms with Crippen LogP contribution in [-0.2, 0) is 0 Å². The molecule has 1 aliphatic heterocycles. The molecule has 1 aromatic carbocycles. The first kappa shape index (κ1) is 13.9. The van der Waals surface area contributed by atoms with E-state index >= 15 is 0 Å². The number of anilines is 1. The molecular formula is C15H23N3O. The second-order valence-electron chi connectivity index (χ2n) is 5.50. The van der Waals surface area contributed by atoms with E-state index in [0.717, 1.165) is 31.6 Å². The van der Waals surface area contributed by atoms with Crippen LogP contribution in [0.3, 0.4) is 0 Å². The summed E-state index contributed by atoms with van der Waals surface area (Å²) in [5.41, 5.74) is 8.18. The van der Waals surface area contributed by atoms with Gasteiger partial charge in [-0.05, 0) is 45.5 Å². The number of rotatable bonds is 1. The molecule has 1 fully saturated rings. The van der Waals surface area contributed by atoms with Crippen LogP contribution in [0.15, 0.2) is 18.2 Å². The molecule has 0 radical (unpaired) electrons. The molecule has 1 aromatic rings. The Morgan fingerprint density at radius 2 is 2.11 bits per heavy atom. The number of amides is 1. The molecule has 1 saturated heterocycles. The fraction of sp³-hybridized carbons (Fsp3) is 0.533. The number of hydrogen-bond donors (Lipinski definition) is 1. The summed E-state index contributed by atoms with van der Waals surface area (Å²) in [6.07, 6.45) is 1.01. The van der Waals surface area contributed by atoms with Gasteiger partial charge in [0.05, 0.1) is 5.56 Å². The molecule has 0 aromatic heterocycles. The van der Waals surface area contributed by atoms with Crippen molar-refractivity contribution >= 4 is 11.6 Å². The zero-order valence-electron chi connectivity index (χ0n) is 12.0. The van der Waals surface area contributed by atoms with E-state index in [0.29, 0.717) is 11.3 Å². The average molecular weight is 261 g/mol. The van der Waals surface area contributed by atoms with Crippen LogP contribution in [0.2, 0.25) is 0 Å². The number of carbonyl (C=O) groups is 1. The van der Waals surface area contributed by atoms with Gasteiger partial charge in [0.25, 0.3) is 5.91 Å². The molecule has 2 N–H and O–H groups in total. The summed E-state index contributed by atoms with van der Waals surface area (Å²) in [7, 11) is 2.10. The van der Waals surface area contributed by atoms with E-state index in [-0.39, 0.29) is 11.9 Å². The topological polar surface area (TPSA) is 49.6 Å². The van der Waals surface area contributed by atoms with Crippen LogP contribution in [0.4, 0.5) is 5.69 Å². The number of likely N-dealkylation sites (N-methyl/N-ethyl adjacent to an activating group) is 1. The lowest BCUT2D eigenvalue weighted by Gasteiger charge is -2.29. The highest BCUT2D eigenvalue weighted by Gasteiger charge is 2.26. The van der Waals surface area contributed by atoms with Gasteiger partial charge < -0.3 is 15.5 Å². The lowest BCUT2D eigenvalue weighted by molar-refractivity contribution is 0.0697. The summed E-state index contributed by atoms with van der Waals surface area (Å²) in [6.45, 7) is 6.80. The SMILES string of the molecule is Cc1cccc(N)c1C(=O)N1CCCN(C)CC1C. The first-order valence-corrected chi connectivity index (χ1v) is 6.85. The first-order chi connectivity index (χ1) is 9.00. The average Bonchev–Trinajstić information content (AvgIpc) is 2.49. The molecule has 1 aliphatic rings. The third-order valence-electron chi connectivity index (χ3n) is 3.83. The minimum Gasteiger partial charge on any atom is -0.398 e. The highest BCUT2D eigenvalue weighted by atomic mass is 16.2. The van der Waals surface area contributed by atoms with Gasteiger partial charge in [-0.2, -0.15) is 0 Å². The van der Waals surface area contributed by atoms with Crippen molar-refractivity contribution < 1.29 is 4.79 Å². The summed E-state index contributed by atoms with van der Waals surface area (Å²) in [4.78, 5) is 17.0. The normalized spacial score (nSPS) is 21.2. The largest absolute Gasteiger partial charge is 0.398 e. The Kier molecular flexibility index (Phi) is 4.10. The van der Waals surface area contributed by atoms with Gasteiger partial charge in [-0.3, -0.25) is 4.79 Å². The highest BCUT2D eigenvalue weighted by molar-refractivity contribution is 6.00. The molecule has 1 unspecified atom stereocenters. The molecule has 1 atom stereocenters. The first-order valence-electron chi connectivity index (χ1n) is 6.85. The van der Waals surface area contributed by atoms with Crippen molar-refractivity contribution in [3.05, 3.63) is 29.3 Å². The molecule has 19 heavy (non-hydrogen) atoms. The summed E-state index contributed by atoms with van der Waals surface area (Å²) in [6, 6.07) is 5.85. The monoisotopic (exact) mass is 261 g/mol. The second-order valence-corrected chi connectivity index (χ2v) is 5.50. The number of benzene rings is 1. The van der Waals surface area contributed by atoms with Crippen molar-refractivity contribution in [2.45, 2.75) is 26.3 Å². The van der Waals surface area contributed by atoms with Crippen molar-refractivity contribution in [1.29, 1.82) is 0 Å². The lowest BCUT2D eigenvalue weighted by atomic mass is 10.0. The van der Waals surface area contributed by atoms with Gasteiger partial charge in [-0.15, -0.1) is 0 Å². The summed E-state index contributed by atoms with van der Waals surface area (Å²) < 4.78 is 0. The zero-order valence-corrected chi connectivity index (χ0v) is 12.0. The number of nitrogens with two attached hydrogens (primary N) is 1. The van der Waals surface area contributed by atoms with Gasteiger partial charge in [0.2, 0.25) is 0 Å². The van der Waals surface area contributed by atoms with Crippen LogP contribution in [-0.4, -0.2) is 48.4 Å². The van der Waals surface area contributed by atoms with Crippen LogP contribution in [0, 0.1) is 6.92 Å². The number of nitrogens with zero attached hydrogens (tertiary/aromatic N) is 2. The van der Waals surface area contributed by atoms with Crippen LogP contribution in [0.25, 0.3) is 0 Å². The van der Waals surface area contributed by atoms with Crippen molar-refractivity contribution in [2.75, 3.05) is 32.4 Å². The predicted octanol–water partition coefficient (Wildman–Crippen LogP) is 1.74. The fourth-order valence-electron chi connectivity index (χ4n) is 2.80. The minimum absolute atomic E-state index is 0.0680. The maximum Gasteiger partial charge on any atom is 0.256 e. The third kappa shape index (κ3) is 2.89. The van der Waals surface area contributed by atoms with Crippen molar-refractivity contribution in [2.24, 2.45) is 0 Å². The van der Waals surface area contributed by atoms with Gasteiger partial charge >= 0.3 is 0 Å². The maximum absolute atomic E-state index is 12.7. The van der Waals surface area contributed by atoms with Crippen molar-refractivity contribution in [1.82, 2.24) is 9.80 Å². The van der Waals surface area contributed by atoms with E-state index in [1.165, 1.54) is 0 Å². The Morgan fingerprint density at radius 1 is 1.37 bits per heavy atom. The van der Waals surface area contributed by atoms with E-state index in [1.54, 1.807) is 6.07 Å². The van der Waals surface area contributed by atoms with Gasteiger partial charge in [0, 0.05) is 24.8 Å². The molecule has 1 amide bonds. The van der Waals surface area contributed by atoms with Crippen LogP contribution >= 0.6 is 0 Å². The molecule has 0 saturated carbocycles. The smallest absolute Gasteiger partial charge is 0.256 e. The van der Waals surface area contributed by atoms with Crippen LogP contribution in [0.1, 0.15) is 29.3 Å². The molecule has 4 heteroatoms. The molecule has 0 aliphatic carbocycles. The lowest BCUT2D eigenvalue weighted by Crippen LogP contribution is -2.42. The quantitative estimate of drug-likeness (QED) is 0.783. The number of aryl methyl sites for hydroxylation is 1. The third-order valence-corrected chi connectivity index (χ3v) is 3.83. The molecule has 0 bridgehead atoms. The van der Waals surface area contributed by atoms with Gasteiger partial charge in [-0.1, -0.05) is 12.1 Å². The van der Waals surface area contributed by atoms with E-state index in [1.807, 2.05) is 24.0 Å². The van der Waals surface area contributed by atoms with E-state index in [2.05, 4.69) is 18.9 Å². The number of nitrogen functional groups attached to an aromatic ring is 1. The maximum atomic E-state index is 12.7. The molecule has 1 heterocycles. The van der Waals surface area contributed by atoms with Crippen molar-refractivity contribution in [3.8, 4) is 0 Å². The highest BCUT2D eigenvalue weighted by Crippen LogP contribution is 2.21. The Balaban J connectivity index is 2.28. The predicted molar refractivity (Wildman–Crippen MR) is 78.2 cm³/mol. The van der Waals surface area contributed by atoms with Crippen molar-refractivity contribution in [3.63, 3.8) is 0 Å². The molecule has 2 rings (SSSR count). The molecule has 104 valence electrons.